The third kappa shape index (κ3) is 4.77. The predicted molar refractivity (Wildman–Crippen MR) is 89.7 cm³/mol. The second-order valence-corrected chi connectivity index (χ2v) is 5.47. The first-order valence-corrected chi connectivity index (χ1v) is 7.73. The summed E-state index contributed by atoms with van der Waals surface area (Å²) in [5.41, 5.74) is 1.21. The van der Waals surface area contributed by atoms with Gasteiger partial charge in [-0.15, -0.1) is 0 Å². The molecule has 0 aliphatic rings. The van der Waals surface area contributed by atoms with Gasteiger partial charge in [0.15, 0.2) is 0 Å². The van der Waals surface area contributed by atoms with Gasteiger partial charge < -0.3 is 10.6 Å². The summed E-state index contributed by atoms with van der Waals surface area (Å²) in [6.07, 6.45) is 0.870. The van der Waals surface area contributed by atoms with Crippen molar-refractivity contribution in [2.24, 2.45) is 0 Å². The molecule has 0 fully saturated rings. The first-order chi connectivity index (χ1) is 11.5. The third-order valence-corrected chi connectivity index (χ3v) is 3.57. The van der Waals surface area contributed by atoms with Crippen LogP contribution in [0.3, 0.4) is 0 Å². The fourth-order valence-corrected chi connectivity index (χ4v) is 1.93. The number of carbonyl (C=O) groups excluding carboxylic acids is 2. The highest BCUT2D eigenvalue weighted by Gasteiger charge is 2.09. The molecule has 0 aliphatic heterocycles. The average molecular weight is 328 g/mol. The van der Waals surface area contributed by atoms with Crippen molar-refractivity contribution in [3.05, 3.63) is 63.6 Å². The van der Waals surface area contributed by atoms with Crippen LogP contribution in [0.5, 0.6) is 0 Å². The van der Waals surface area contributed by atoms with Crippen molar-refractivity contribution in [2.75, 3.05) is 0 Å². The summed E-state index contributed by atoms with van der Waals surface area (Å²) in [7, 11) is 0. The molecule has 1 aromatic carbocycles. The lowest BCUT2D eigenvalue weighted by molar-refractivity contribution is 0.0932. The minimum Gasteiger partial charge on any atom is -0.350 e. The molecule has 2 rings (SSSR count). The Labute approximate surface area is 139 Å². The van der Waals surface area contributed by atoms with Gasteiger partial charge in [0.05, 0.1) is 0 Å². The number of nitrogens with zero attached hydrogens (tertiary/aromatic N) is 1. The molecule has 3 N–H and O–H groups in total. The van der Waals surface area contributed by atoms with Crippen molar-refractivity contribution < 1.29 is 9.59 Å². The number of aromatic nitrogens is 2. The molecule has 0 saturated heterocycles. The van der Waals surface area contributed by atoms with Crippen molar-refractivity contribution in [3.63, 3.8) is 0 Å². The standard InChI is InChI=1S/C17H20N4O3/c1-3-11(2)19-16(23)13-6-4-12(5-7-13)10-18-17(24)14-8-9-15(22)21-20-14/h4-9,11H,3,10H2,1-2H3,(H,18,24)(H,19,23)(H,21,22)/t11-/m1/s1. The van der Waals surface area contributed by atoms with Gasteiger partial charge >= 0.3 is 0 Å². The van der Waals surface area contributed by atoms with Crippen molar-refractivity contribution in [1.82, 2.24) is 20.8 Å². The molecule has 2 amide bonds. The van der Waals surface area contributed by atoms with Gasteiger partial charge in [0.25, 0.3) is 17.4 Å². The Bertz CT molecular complexity index is 748. The quantitative estimate of drug-likeness (QED) is 0.742. The summed E-state index contributed by atoms with van der Waals surface area (Å²) in [5, 5.41) is 11.5. The van der Waals surface area contributed by atoms with Gasteiger partial charge in [-0.2, -0.15) is 5.10 Å². The van der Waals surface area contributed by atoms with E-state index in [1.807, 2.05) is 13.8 Å². The summed E-state index contributed by atoms with van der Waals surface area (Å²) in [6, 6.07) is 9.73. The molecular formula is C17H20N4O3. The maximum atomic E-state index is 12.0. The zero-order valence-electron chi connectivity index (χ0n) is 13.6. The molecule has 1 aromatic heterocycles. The van der Waals surface area contributed by atoms with Gasteiger partial charge in [0.1, 0.15) is 5.69 Å². The van der Waals surface area contributed by atoms with Crippen LogP contribution >= 0.6 is 0 Å². The number of benzene rings is 1. The van der Waals surface area contributed by atoms with E-state index in [0.29, 0.717) is 12.1 Å². The molecule has 0 saturated carbocycles. The normalized spacial score (nSPS) is 11.6. The van der Waals surface area contributed by atoms with Crippen LogP contribution < -0.4 is 16.2 Å². The fourth-order valence-electron chi connectivity index (χ4n) is 1.93. The van der Waals surface area contributed by atoms with E-state index in [-0.39, 0.29) is 29.1 Å². The second kappa shape index (κ2) is 8.05. The van der Waals surface area contributed by atoms with Crippen molar-refractivity contribution >= 4 is 11.8 Å². The maximum absolute atomic E-state index is 12.0. The van der Waals surface area contributed by atoms with E-state index >= 15 is 0 Å². The van der Waals surface area contributed by atoms with Crippen molar-refractivity contribution in [3.8, 4) is 0 Å². The van der Waals surface area contributed by atoms with Gasteiger partial charge in [-0.25, -0.2) is 5.10 Å². The van der Waals surface area contributed by atoms with E-state index in [1.165, 1.54) is 12.1 Å². The lowest BCUT2D eigenvalue weighted by Crippen LogP contribution is -2.31. The Morgan fingerprint density at radius 1 is 1.12 bits per heavy atom. The number of nitrogens with one attached hydrogen (secondary N) is 3. The summed E-state index contributed by atoms with van der Waals surface area (Å²) in [4.78, 5) is 34.8. The highest BCUT2D eigenvalue weighted by atomic mass is 16.2. The van der Waals surface area contributed by atoms with E-state index < -0.39 is 0 Å². The van der Waals surface area contributed by atoms with E-state index in [1.54, 1.807) is 24.3 Å². The molecule has 0 spiro atoms. The lowest BCUT2D eigenvalue weighted by Gasteiger charge is -2.11. The molecule has 7 nitrogen and oxygen atoms in total. The van der Waals surface area contributed by atoms with Crippen LogP contribution in [0.25, 0.3) is 0 Å². The van der Waals surface area contributed by atoms with Crippen LogP contribution in [-0.4, -0.2) is 28.1 Å². The van der Waals surface area contributed by atoms with E-state index in [2.05, 4.69) is 20.8 Å². The Hall–Kier alpha value is -2.96. The lowest BCUT2D eigenvalue weighted by atomic mass is 10.1. The Balaban J connectivity index is 1.92. The Kier molecular flexibility index (Phi) is 5.83. The molecular weight excluding hydrogens is 308 g/mol. The van der Waals surface area contributed by atoms with Gasteiger partial charge in [0, 0.05) is 24.2 Å². The largest absolute Gasteiger partial charge is 0.350 e. The third-order valence-electron chi connectivity index (χ3n) is 3.57. The number of H-pyrrole nitrogens is 1. The fraction of sp³-hybridized carbons (Fsp3) is 0.294. The zero-order chi connectivity index (χ0) is 17.5. The average Bonchev–Trinajstić information content (AvgIpc) is 2.60. The van der Waals surface area contributed by atoms with Gasteiger partial charge in [-0.3, -0.25) is 14.4 Å². The number of amides is 2. The molecule has 0 unspecified atom stereocenters. The summed E-state index contributed by atoms with van der Waals surface area (Å²) in [5.74, 6) is -0.498. The van der Waals surface area contributed by atoms with Gasteiger partial charge in [-0.1, -0.05) is 19.1 Å². The molecule has 0 aliphatic carbocycles. The summed E-state index contributed by atoms with van der Waals surface area (Å²) in [6.45, 7) is 4.26. The molecule has 7 heteroatoms. The van der Waals surface area contributed by atoms with Crippen molar-refractivity contribution in [2.45, 2.75) is 32.9 Å². The Morgan fingerprint density at radius 2 is 1.83 bits per heavy atom. The summed E-state index contributed by atoms with van der Waals surface area (Å²) >= 11 is 0. The predicted octanol–water partition coefficient (Wildman–Crippen LogP) is 1.23. The molecule has 1 atom stereocenters. The van der Waals surface area contributed by atoms with Gasteiger partial charge in [0.2, 0.25) is 0 Å². The molecule has 1 heterocycles. The molecule has 2 aromatic rings. The van der Waals surface area contributed by atoms with Crippen LogP contribution in [-0.2, 0) is 6.54 Å². The highest BCUT2D eigenvalue weighted by Crippen LogP contribution is 2.05. The monoisotopic (exact) mass is 328 g/mol. The molecule has 0 bridgehead atoms. The van der Waals surface area contributed by atoms with E-state index in [4.69, 9.17) is 0 Å². The molecule has 126 valence electrons. The SMILES string of the molecule is CC[C@@H](C)NC(=O)c1ccc(CNC(=O)c2ccc(=O)[nH]n2)cc1. The number of hydrogen-bond acceptors (Lipinski definition) is 4. The smallest absolute Gasteiger partial charge is 0.271 e. The summed E-state index contributed by atoms with van der Waals surface area (Å²) < 4.78 is 0. The molecule has 24 heavy (non-hydrogen) atoms. The Morgan fingerprint density at radius 3 is 2.42 bits per heavy atom. The number of hydrogen-bond donors (Lipinski definition) is 3. The minimum atomic E-state index is -0.384. The van der Waals surface area contributed by atoms with E-state index in [0.717, 1.165) is 12.0 Å². The minimum absolute atomic E-state index is 0.114. The highest BCUT2D eigenvalue weighted by molar-refractivity contribution is 5.94. The molecule has 0 radical (unpaired) electrons. The van der Waals surface area contributed by atoms with Crippen LogP contribution in [0, 0.1) is 0 Å². The number of aromatic amines is 1. The second-order valence-electron chi connectivity index (χ2n) is 5.47. The number of rotatable bonds is 6. The van der Waals surface area contributed by atoms with E-state index in [9.17, 15) is 14.4 Å². The van der Waals surface area contributed by atoms with Crippen LogP contribution in [0.15, 0.2) is 41.2 Å². The maximum Gasteiger partial charge on any atom is 0.271 e. The topological polar surface area (TPSA) is 104 Å². The number of carbonyl (C=O) groups is 2. The van der Waals surface area contributed by atoms with Crippen molar-refractivity contribution in [1.29, 1.82) is 0 Å². The van der Waals surface area contributed by atoms with Crippen LogP contribution in [0.4, 0.5) is 0 Å². The first kappa shape index (κ1) is 17.4. The van der Waals surface area contributed by atoms with Crippen LogP contribution in [0.1, 0.15) is 46.7 Å². The van der Waals surface area contributed by atoms with Crippen LogP contribution in [0.2, 0.25) is 0 Å². The first-order valence-electron chi connectivity index (χ1n) is 7.73. The zero-order valence-corrected chi connectivity index (χ0v) is 13.6. The van der Waals surface area contributed by atoms with Gasteiger partial charge in [-0.05, 0) is 37.1 Å².